The van der Waals surface area contributed by atoms with E-state index in [1.54, 1.807) is 0 Å². The second-order valence-electron chi connectivity index (χ2n) is 9.58. The fourth-order valence-corrected chi connectivity index (χ4v) is 4.95. The van der Waals surface area contributed by atoms with Crippen LogP contribution < -0.4 is 9.64 Å². The molecule has 11 heteroatoms. The number of hydrogen-bond acceptors (Lipinski definition) is 8. The maximum Gasteiger partial charge on any atom is 0.324 e. The lowest BCUT2D eigenvalue weighted by Crippen LogP contribution is -2.40. The van der Waals surface area contributed by atoms with Crippen molar-refractivity contribution in [2.45, 2.75) is 81.2 Å². The second kappa shape index (κ2) is 9.77. The highest BCUT2D eigenvalue weighted by Crippen LogP contribution is 2.31. The Kier molecular flexibility index (Phi) is 7.14. The minimum atomic E-state index is -3.46. The summed E-state index contributed by atoms with van der Waals surface area (Å²) in [5.41, 5.74) is -1.64. The van der Waals surface area contributed by atoms with Crippen molar-refractivity contribution < 1.29 is 31.2 Å². The smallest absolute Gasteiger partial charge is 0.324 e. The fraction of sp³-hybridized carbons (Fsp3) is 0.652. The number of piperidine rings is 1. The van der Waals surface area contributed by atoms with Crippen molar-refractivity contribution in [1.82, 2.24) is 10.1 Å². The second-order valence-corrected chi connectivity index (χ2v) is 11.6. The Morgan fingerprint density at radius 1 is 1.06 bits per heavy atom. The summed E-state index contributed by atoms with van der Waals surface area (Å²) in [6.07, 6.45) is 5.88. The molecule has 2 aliphatic rings. The van der Waals surface area contributed by atoms with Crippen LogP contribution in [0.2, 0.25) is 0 Å². The first kappa shape index (κ1) is 24.8. The predicted octanol–water partition coefficient (Wildman–Crippen LogP) is 4.19. The zero-order valence-electron chi connectivity index (χ0n) is 19.7. The lowest BCUT2D eigenvalue weighted by atomic mass is 9.94. The summed E-state index contributed by atoms with van der Waals surface area (Å²) < 4.78 is 68.7. The molecule has 188 valence electrons. The average Bonchev–Trinajstić information content (AvgIpc) is 3.27. The molecular weight excluding hydrogens is 468 g/mol. The van der Waals surface area contributed by atoms with Gasteiger partial charge in [0, 0.05) is 19.3 Å². The van der Waals surface area contributed by atoms with E-state index in [9.17, 15) is 17.2 Å². The van der Waals surface area contributed by atoms with Crippen molar-refractivity contribution in [3.8, 4) is 5.75 Å². The van der Waals surface area contributed by atoms with Gasteiger partial charge < -0.3 is 18.9 Å². The van der Waals surface area contributed by atoms with Gasteiger partial charge in [0.15, 0.2) is 27.1 Å². The summed E-state index contributed by atoms with van der Waals surface area (Å²) in [6.45, 7) is 4.18. The van der Waals surface area contributed by atoms with Gasteiger partial charge in [-0.1, -0.05) is 5.16 Å². The van der Waals surface area contributed by atoms with Crippen LogP contribution in [0.3, 0.4) is 0 Å². The van der Waals surface area contributed by atoms with Crippen molar-refractivity contribution in [2.24, 2.45) is 0 Å². The quantitative estimate of drug-likeness (QED) is 0.560. The summed E-state index contributed by atoms with van der Waals surface area (Å²) in [7, 11) is -3.46. The van der Waals surface area contributed by atoms with Gasteiger partial charge in [0.25, 0.3) is 0 Å². The van der Waals surface area contributed by atoms with Gasteiger partial charge in [-0.2, -0.15) is 4.98 Å². The number of nitrogens with zero attached hydrogens (tertiary/aromatic N) is 3. The molecule has 4 rings (SSSR count). The van der Waals surface area contributed by atoms with Crippen LogP contribution in [-0.2, 0) is 20.2 Å². The van der Waals surface area contributed by atoms with Gasteiger partial charge in [0.05, 0.1) is 23.2 Å². The highest BCUT2D eigenvalue weighted by Gasteiger charge is 2.31. The Morgan fingerprint density at radius 2 is 1.68 bits per heavy atom. The van der Waals surface area contributed by atoms with Gasteiger partial charge in [-0.3, -0.25) is 0 Å². The van der Waals surface area contributed by atoms with Crippen LogP contribution >= 0.6 is 0 Å². The molecule has 0 spiro atoms. The van der Waals surface area contributed by atoms with Gasteiger partial charge in [0.2, 0.25) is 5.82 Å². The third-order valence-corrected chi connectivity index (χ3v) is 7.40. The number of alkyl halides is 1. The van der Waals surface area contributed by atoms with Crippen LogP contribution in [0.25, 0.3) is 0 Å². The normalized spacial score (nSPS) is 22.7. The average molecular weight is 500 g/mol. The van der Waals surface area contributed by atoms with E-state index in [2.05, 4.69) is 10.1 Å². The summed E-state index contributed by atoms with van der Waals surface area (Å²) in [6, 6.07) is 4.08. The summed E-state index contributed by atoms with van der Waals surface area (Å²) >= 11 is 0. The number of benzene rings is 1. The summed E-state index contributed by atoms with van der Waals surface area (Å²) in [5, 5.41) is 3.74. The van der Waals surface area contributed by atoms with Crippen molar-refractivity contribution >= 4 is 15.9 Å². The zero-order valence-corrected chi connectivity index (χ0v) is 20.5. The number of anilines is 1. The molecule has 0 atom stereocenters. The van der Waals surface area contributed by atoms with Gasteiger partial charge in [-0.05, 0) is 70.6 Å². The van der Waals surface area contributed by atoms with Crippen molar-refractivity contribution in [2.75, 3.05) is 24.2 Å². The molecule has 0 bridgehead atoms. The van der Waals surface area contributed by atoms with E-state index in [4.69, 9.17) is 14.0 Å². The topological polar surface area (TPSA) is 94.8 Å². The molecular formula is C23H31F2N3O5S. The molecule has 1 aromatic heterocycles. The standard InChI is InChI=1S/C23H31F2N3O5S/c1-23(2,25)21-26-22(33-27-21)28-12-10-17(11-13-28)31-15-4-6-16(7-5-15)32-20-9-8-18(14-19(20)24)34(3,29)30/h8-9,14-17H,4-7,10-13H2,1-3H3/t15-,16-. The van der Waals surface area contributed by atoms with Gasteiger partial charge in [-0.15, -0.1) is 0 Å². The molecule has 1 aliphatic heterocycles. The van der Waals surface area contributed by atoms with Gasteiger partial charge in [-0.25, -0.2) is 17.2 Å². The molecule has 1 aromatic carbocycles. The van der Waals surface area contributed by atoms with E-state index in [1.165, 1.54) is 26.0 Å². The molecule has 2 aromatic rings. The number of hydrogen-bond donors (Lipinski definition) is 0. The molecule has 0 radical (unpaired) electrons. The molecule has 34 heavy (non-hydrogen) atoms. The lowest BCUT2D eigenvalue weighted by Gasteiger charge is -2.35. The minimum Gasteiger partial charge on any atom is -0.487 e. The first-order valence-corrected chi connectivity index (χ1v) is 13.5. The summed E-state index contributed by atoms with van der Waals surface area (Å²) in [5.74, 6) is -0.549. The third kappa shape index (κ3) is 6.04. The molecule has 0 unspecified atom stereocenters. The molecule has 2 heterocycles. The number of ether oxygens (including phenoxy) is 2. The Bertz CT molecular complexity index is 1090. The molecule has 2 fully saturated rings. The van der Waals surface area contributed by atoms with E-state index in [-0.39, 0.29) is 34.8 Å². The molecule has 0 amide bonds. The number of sulfone groups is 1. The van der Waals surface area contributed by atoms with Gasteiger partial charge in [0.1, 0.15) is 0 Å². The Balaban J connectivity index is 1.21. The van der Waals surface area contributed by atoms with Crippen LogP contribution in [0.4, 0.5) is 14.8 Å². The van der Waals surface area contributed by atoms with Crippen molar-refractivity contribution in [1.29, 1.82) is 0 Å². The fourth-order valence-electron chi connectivity index (χ4n) is 4.31. The van der Waals surface area contributed by atoms with E-state index >= 15 is 0 Å². The minimum absolute atomic E-state index is 0.0473. The lowest BCUT2D eigenvalue weighted by molar-refractivity contribution is -0.0532. The molecule has 0 N–H and O–H groups in total. The Labute approximate surface area is 198 Å². The van der Waals surface area contributed by atoms with E-state index < -0.39 is 21.3 Å². The third-order valence-electron chi connectivity index (χ3n) is 6.29. The molecule has 8 nitrogen and oxygen atoms in total. The number of rotatable bonds is 7. The maximum atomic E-state index is 14.3. The largest absolute Gasteiger partial charge is 0.487 e. The Hall–Kier alpha value is -2.27. The van der Waals surface area contributed by atoms with Crippen LogP contribution in [0.15, 0.2) is 27.6 Å². The number of halogens is 2. The van der Waals surface area contributed by atoms with E-state index in [1.807, 2.05) is 4.90 Å². The van der Waals surface area contributed by atoms with Crippen molar-refractivity contribution in [3.05, 3.63) is 29.8 Å². The Morgan fingerprint density at radius 3 is 2.24 bits per heavy atom. The van der Waals surface area contributed by atoms with Crippen LogP contribution in [-0.4, -0.2) is 56.2 Å². The van der Waals surface area contributed by atoms with Crippen LogP contribution in [0.1, 0.15) is 58.2 Å². The molecule has 1 saturated carbocycles. The predicted molar refractivity (Wildman–Crippen MR) is 121 cm³/mol. The molecule has 1 saturated heterocycles. The maximum absolute atomic E-state index is 14.3. The number of aromatic nitrogens is 2. The van der Waals surface area contributed by atoms with E-state index in [0.29, 0.717) is 19.1 Å². The summed E-state index contributed by atoms with van der Waals surface area (Å²) in [4.78, 5) is 6.06. The highest BCUT2D eigenvalue weighted by atomic mass is 32.2. The first-order valence-electron chi connectivity index (χ1n) is 11.6. The molecule has 1 aliphatic carbocycles. The van der Waals surface area contributed by atoms with Crippen LogP contribution in [0.5, 0.6) is 5.75 Å². The first-order chi connectivity index (χ1) is 16.0. The SMILES string of the molecule is CC(C)(F)c1noc(N2CCC(O[C@H]3CC[C@H](Oc4ccc(S(C)(=O)=O)cc4F)CC3)CC2)n1. The zero-order chi connectivity index (χ0) is 24.5. The van der Waals surface area contributed by atoms with E-state index in [0.717, 1.165) is 50.8 Å². The monoisotopic (exact) mass is 499 g/mol. The van der Waals surface area contributed by atoms with Crippen molar-refractivity contribution in [3.63, 3.8) is 0 Å². The highest BCUT2D eigenvalue weighted by molar-refractivity contribution is 7.90. The van der Waals surface area contributed by atoms with Gasteiger partial charge >= 0.3 is 6.01 Å². The van der Waals surface area contributed by atoms with Crippen LogP contribution in [0, 0.1) is 5.82 Å².